The molecule has 49 heavy (non-hydrogen) atoms. The molecule has 0 unspecified atom stereocenters. The largest absolute Gasteiger partial charge is 0.375 e. The number of ether oxygens (including phenoxy) is 2. The third-order valence-corrected chi connectivity index (χ3v) is 13.1. The van der Waals surface area contributed by atoms with Gasteiger partial charge in [0, 0.05) is 6.92 Å². The lowest BCUT2D eigenvalue weighted by atomic mass is 9.79. The standard InChI is InChI=1S/C40H42NO7Si/c1-26(42)38(45)39(35(25-47-37(3,4)5)48-40(38,46)27(2)43,49(30-17-8-6-9-18-30)31-19-10-7-11-20-31)41-36(44)24-29-16-14-22-33-32-21-13-12-15-28(32)23-34(29)33/h6-22,35,45-46H,23-25H2,1-5H3,(H,41,44)/t35-,38-,39-,40-/m0/s1. The molecule has 4 aromatic carbocycles. The van der Waals surface area contributed by atoms with Crippen molar-refractivity contribution < 1.29 is 34.1 Å². The van der Waals surface area contributed by atoms with E-state index in [1.54, 1.807) is 0 Å². The fourth-order valence-electron chi connectivity index (χ4n) is 7.45. The lowest BCUT2D eigenvalue weighted by Gasteiger charge is -2.49. The molecule has 8 nitrogen and oxygen atoms in total. The minimum atomic E-state index is -2.99. The number of Topliss-reactive ketones (excluding diaryl/α,β-unsaturated/α-hetero) is 2. The lowest BCUT2D eigenvalue weighted by molar-refractivity contribution is -0.247. The number of carbonyl (C=O) groups excluding carboxylic acids is 3. The van der Waals surface area contributed by atoms with Gasteiger partial charge in [0.2, 0.25) is 11.5 Å². The van der Waals surface area contributed by atoms with Gasteiger partial charge in [-0.1, -0.05) is 114 Å². The van der Waals surface area contributed by atoms with Crippen LogP contribution in [0.3, 0.4) is 0 Å². The summed E-state index contributed by atoms with van der Waals surface area (Å²) in [5.41, 5.74) is 1.54. The summed E-state index contributed by atoms with van der Waals surface area (Å²) in [4.78, 5) is 42.1. The van der Waals surface area contributed by atoms with Gasteiger partial charge in [-0.05, 0) is 61.9 Å². The van der Waals surface area contributed by atoms with Crippen molar-refractivity contribution in [1.29, 1.82) is 0 Å². The van der Waals surface area contributed by atoms with Crippen molar-refractivity contribution in [3.63, 3.8) is 0 Å². The number of fused-ring (bicyclic) bond motifs is 3. The van der Waals surface area contributed by atoms with Crippen LogP contribution in [0, 0.1) is 0 Å². The second-order valence-corrected chi connectivity index (χ2v) is 16.6. The number of aliphatic hydroxyl groups is 2. The Balaban J connectivity index is 1.57. The Hall–Kier alpha value is -4.25. The maximum atomic E-state index is 14.7. The van der Waals surface area contributed by atoms with E-state index in [4.69, 9.17) is 9.47 Å². The van der Waals surface area contributed by atoms with Gasteiger partial charge in [-0.15, -0.1) is 0 Å². The predicted molar refractivity (Wildman–Crippen MR) is 189 cm³/mol. The van der Waals surface area contributed by atoms with E-state index < -0.39 is 54.5 Å². The number of nitrogens with one attached hydrogen (secondary N) is 1. The maximum absolute atomic E-state index is 14.7. The van der Waals surface area contributed by atoms with Crippen molar-refractivity contribution in [2.24, 2.45) is 0 Å². The van der Waals surface area contributed by atoms with E-state index in [-0.39, 0.29) is 13.0 Å². The van der Waals surface area contributed by atoms with Gasteiger partial charge in [0.05, 0.1) is 18.6 Å². The molecule has 4 atom stereocenters. The third kappa shape index (κ3) is 5.79. The molecule has 9 heteroatoms. The highest BCUT2D eigenvalue weighted by molar-refractivity contribution is 6.88. The Kier molecular flexibility index (Phi) is 9.10. The van der Waals surface area contributed by atoms with E-state index >= 15 is 0 Å². The molecular formula is C40H42NO7Si. The van der Waals surface area contributed by atoms with E-state index in [9.17, 15) is 24.6 Å². The molecule has 4 aromatic rings. The Bertz CT molecular complexity index is 1850. The Morgan fingerprint density at radius 2 is 1.39 bits per heavy atom. The van der Waals surface area contributed by atoms with Gasteiger partial charge in [-0.25, -0.2) is 0 Å². The van der Waals surface area contributed by atoms with Gasteiger partial charge in [-0.3, -0.25) is 14.4 Å². The zero-order valence-electron chi connectivity index (χ0n) is 28.4. The molecule has 3 N–H and O–H groups in total. The number of amides is 1. The molecule has 253 valence electrons. The quantitative estimate of drug-likeness (QED) is 0.194. The van der Waals surface area contributed by atoms with E-state index in [2.05, 4.69) is 17.4 Å². The molecular weight excluding hydrogens is 635 g/mol. The van der Waals surface area contributed by atoms with E-state index in [1.165, 1.54) is 5.56 Å². The summed E-state index contributed by atoms with van der Waals surface area (Å²) in [5, 5.41) is 27.6. The summed E-state index contributed by atoms with van der Waals surface area (Å²) < 4.78 is 12.4. The molecule has 1 fully saturated rings. The van der Waals surface area contributed by atoms with Crippen LogP contribution in [0.15, 0.2) is 103 Å². The minimum absolute atomic E-state index is 0.0863. The van der Waals surface area contributed by atoms with Crippen molar-refractivity contribution in [3.05, 3.63) is 120 Å². The summed E-state index contributed by atoms with van der Waals surface area (Å²) >= 11 is 0. The van der Waals surface area contributed by atoms with Crippen LogP contribution < -0.4 is 15.7 Å². The van der Waals surface area contributed by atoms with Crippen molar-refractivity contribution in [1.82, 2.24) is 5.32 Å². The molecule has 1 heterocycles. The van der Waals surface area contributed by atoms with E-state index in [1.807, 2.05) is 112 Å². The normalized spacial score (nSPS) is 24.4. The Morgan fingerprint density at radius 3 is 1.96 bits per heavy atom. The zero-order valence-corrected chi connectivity index (χ0v) is 29.4. The lowest BCUT2D eigenvalue weighted by Crippen LogP contribution is -2.85. The molecule has 1 radical (unpaired) electrons. The van der Waals surface area contributed by atoms with E-state index in [0.717, 1.165) is 36.1 Å². The topological polar surface area (TPSA) is 122 Å². The number of hydrogen-bond donors (Lipinski definition) is 3. The average Bonchev–Trinajstić information content (AvgIpc) is 3.54. The van der Waals surface area contributed by atoms with Gasteiger partial charge in [-0.2, -0.15) is 0 Å². The summed E-state index contributed by atoms with van der Waals surface area (Å²) in [6.07, 6.45) is -0.759. The SMILES string of the molecule is CC(=O)[C@@]1(O)[C@](O)(C(C)=O)O[C@@H](COC(C)(C)C)[C@]1(NC(=O)Cc1cccc2c1Cc1ccccc1-2)[Si](c1ccccc1)c1ccccc1. The van der Waals surface area contributed by atoms with Crippen molar-refractivity contribution in [2.75, 3.05) is 6.61 Å². The first-order chi connectivity index (χ1) is 23.2. The number of benzene rings is 4. The molecule has 6 rings (SSSR count). The maximum Gasteiger partial charge on any atom is 0.266 e. The number of rotatable bonds is 10. The van der Waals surface area contributed by atoms with Gasteiger partial charge in [0.1, 0.15) is 11.3 Å². The van der Waals surface area contributed by atoms with Crippen molar-refractivity contribution in [3.8, 4) is 11.1 Å². The average molecular weight is 677 g/mol. The molecule has 0 bridgehead atoms. The van der Waals surface area contributed by atoms with Crippen LogP contribution in [0.25, 0.3) is 11.1 Å². The van der Waals surface area contributed by atoms with E-state index in [0.29, 0.717) is 16.8 Å². The first-order valence-corrected chi connectivity index (χ1v) is 18.0. The number of hydrogen-bond acceptors (Lipinski definition) is 7. The van der Waals surface area contributed by atoms with Crippen LogP contribution >= 0.6 is 0 Å². The van der Waals surface area contributed by atoms with Crippen molar-refractivity contribution in [2.45, 2.75) is 75.7 Å². The molecule has 1 saturated heterocycles. The fourth-order valence-corrected chi connectivity index (χ4v) is 11.2. The van der Waals surface area contributed by atoms with Crippen LogP contribution in [0.4, 0.5) is 0 Å². The first kappa shape index (κ1) is 34.6. The second kappa shape index (κ2) is 12.9. The van der Waals surface area contributed by atoms with Gasteiger partial charge < -0.3 is 25.0 Å². The monoisotopic (exact) mass is 676 g/mol. The van der Waals surface area contributed by atoms with Crippen molar-refractivity contribution >= 4 is 36.6 Å². The molecule has 1 amide bonds. The third-order valence-electron chi connectivity index (χ3n) is 9.67. The summed E-state index contributed by atoms with van der Waals surface area (Å²) in [6, 6.07) is 32.5. The molecule has 1 aliphatic heterocycles. The summed E-state index contributed by atoms with van der Waals surface area (Å²) in [7, 11) is -2.57. The molecule has 0 aromatic heterocycles. The Labute approximate surface area is 288 Å². The predicted octanol–water partition coefficient (Wildman–Crippen LogP) is 3.32. The van der Waals surface area contributed by atoms with Gasteiger partial charge in [0.25, 0.3) is 5.79 Å². The smallest absolute Gasteiger partial charge is 0.266 e. The van der Waals surface area contributed by atoms with Crippen LogP contribution in [-0.4, -0.2) is 71.3 Å². The number of ketones is 2. The number of carbonyl (C=O) groups is 3. The molecule has 0 saturated carbocycles. The highest BCUT2D eigenvalue weighted by atomic mass is 28.3. The fraction of sp³-hybridized carbons (Fsp3) is 0.325. The Morgan fingerprint density at radius 1 is 0.816 bits per heavy atom. The van der Waals surface area contributed by atoms with Crippen LogP contribution in [-0.2, 0) is 36.7 Å². The highest BCUT2D eigenvalue weighted by Gasteiger charge is 2.80. The summed E-state index contributed by atoms with van der Waals surface area (Å²) in [6.45, 7) is 7.44. The van der Waals surface area contributed by atoms with Crippen LogP contribution in [0.1, 0.15) is 51.3 Å². The first-order valence-electron chi connectivity index (χ1n) is 16.5. The molecule has 0 spiro atoms. The zero-order chi connectivity index (χ0) is 35.2. The van der Waals surface area contributed by atoms with Crippen LogP contribution in [0.5, 0.6) is 0 Å². The van der Waals surface area contributed by atoms with Gasteiger partial charge in [0.15, 0.2) is 20.4 Å². The minimum Gasteiger partial charge on any atom is -0.375 e. The summed E-state index contributed by atoms with van der Waals surface area (Å²) in [5.74, 6) is -5.39. The highest BCUT2D eigenvalue weighted by Crippen LogP contribution is 2.49. The van der Waals surface area contributed by atoms with Gasteiger partial charge >= 0.3 is 0 Å². The second-order valence-electron chi connectivity index (χ2n) is 13.9. The molecule has 2 aliphatic rings. The van der Waals surface area contributed by atoms with Crippen LogP contribution in [0.2, 0.25) is 0 Å². The molecule has 1 aliphatic carbocycles.